The zero-order valence-electron chi connectivity index (χ0n) is 16.7. The van der Waals surface area contributed by atoms with Gasteiger partial charge in [-0.3, -0.25) is 9.69 Å². The summed E-state index contributed by atoms with van der Waals surface area (Å²) in [5.41, 5.74) is 2.13. The quantitative estimate of drug-likeness (QED) is 0.730. The molecule has 2 heterocycles. The van der Waals surface area contributed by atoms with Gasteiger partial charge in [-0.15, -0.1) is 0 Å². The van der Waals surface area contributed by atoms with E-state index in [-0.39, 0.29) is 11.9 Å². The van der Waals surface area contributed by atoms with Crippen LogP contribution in [-0.4, -0.2) is 61.1 Å². The fourth-order valence-electron chi connectivity index (χ4n) is 3.12. The SMILES string of the molecule is CCOC(=O)c1ccc(N2CCN(CC(=O)Nc3ccc(C)c(Cl)c3)CC2)nc1. The molecular formula is C21H25ClN4O3. The second-order valence-electron chi connectivity index (χ2n) is 6.90. The summed E-state index contributed by atoms with van der Waals surface area (Å²) in [5, 5.41) is 3.53. The van der Waals surface area contributed by atoms with Crippen molar-refractivity contribution in [2.24, 2.45) is 0 Å². The molecule has 1 aromatic heterocycles. The van der Waals surface area contributed by atoms with Crippen LogP contribution in [0.5, 0.6) is 0 Å². The summed E-state index contributed by atoms with van der Waals surface area (Å²) >= 11 is 6.11. The van der Waals surface area contributed by atoms with Crippen molar-refractivity contribution in [1.82, 2.24) is 9.88 Å². The van der Waals surface area contributed by atoms with Crippen molar-refractivity contribution in [1.29, 1.82) is 0 Å². The summed E-state index contributed by atoms with van der Waals surface area (Å²) in [5.74, 6) is 0.393. The fraction of sp³-hybridized carbons (Fsp3) is 0.381. The van der Waals surface area contributed by atoms with Crippen molar-refractivity contribution in [2.45, 2.75) is 13.8 Å². The molecule has 0 bridgehead atoms. The van der Waals surface area contributed by atoms with Crippen LogP contribution in [0.1, 0.15) is 22.8 Å². The van der Waals surface area contributed by atoms with Gasteiger partial charge in [0.1, 0.15) is 5.82 Å². The van der Waals surface area contributed by atoms with Crippen LogP contribution in [0.3, 0.4) is 0 Å². The number of hydrogen-bond donors (Lipinski definition) is 1. The van der Waals surface area contributed by atoms with Gasteiger partial charge < -0.3 is 15.0 Å². The van der Waals surface area contributed by atoms with Crippen LogP contribution in [0, 0.1) is 6.92 Å². The molecule has 3 rings (SSSR count). The van der Waals surface area contributed by atoms with Gasteiger partial charge in [0.05, 0.1) is 18.7 Å². The predicted molar refractivity (Wildman–Crippen MR) is 114 cm³/mol. The number of anilines is 2. The number of rotatable bonds is 6. The first-order chi connectivity index (χ1) is 14.0. The highest BCUT2D eigenvalue weighted by Gasteiger charge is 2.20. The molecule has 0 radical (unpaired) electrons. The largest absolute Gasteiger partial charge is 0.462 e. The molecular weight excluding hydrogens is 392 g/mol. The number of piperazine rings is 1. The van der Waals surface area contributed by atoms with E-state index >= 15 is 0 Å². The lowest BCUT2D eigenvalue weighted by Gasteiger charge is -2.35. The van der Waals surface area contributed by atoms with E-state index in [4.69, 9.17) is 16.3 Å². The first-order valence-corrected chi connectivity index (χ1v) is 10.0. The zero-order chi connectivity index (χ0) is 20.8. The third-order valence-electron chi connectivity index (χ3n) is 4.78. The highest BCUT2D eigenvalue weighted by Crippen LogP contribution is 2.20. The predicted octanol–water partition coefficient (Wildman–Crippen LogP) is 2.98. The summed E-state index contributed by atoms with van der Waals surface area (Å²) in [6, 6.07) is 9.06. The molecule has 1 aliphatic rings. The molecule has 1 aliphatic heterocycles. The van der Waals surface area contributed by atoms with Crippen LogP contribution in [0.25, 0.3) is 0 Å². The minimum Gasteiger partial charge on any atom is -0.462 e. The lowest BCUT2D eigenvalue weighted by atomic mass is 10.2. The maximum absolute atomic E-state index is 12.3. The third kappa shape index (κ3) is 5.68. The number of benzene rings is 1. The van der Waals surface area contributed by atoms with Crippen LogP contribution >= 0.6 is 11.6 Å². The van der Waals surface area contributed by atoms with E-state index in [1.807, 2.05) is 25.1 Å². The Labute approximate surface area is 175 Å². The molecule has 1 saturated heterocycles. The average Bonchev–Trinajstić information content (AvgIpc) is 2.71. The maximum Gasteiger partial charge on any atom is 0.339 e. The number of nitrogens with zero attached hydrogens (tertiary/aromatic N) is 3. The van der Waals surface area contributed by atoms with Crippen molar-refractivity contribution in [3.8, 4) is 0 Å². The van der Waals surface area contributed by atoms with E-state index < -0.39 is 0 Å². The Morgan fingerprint density at radius 1 is 1.17 bits per heavy atom. The summed E-state index contributed by atoms with van der Waals surface area (Å²) in [4.78, 5) is 32.7. The van der Waals surface area contributed by atoms with E-state index in [2.05, 4.69) is 20.1 Å². The van der Waals surface area contributed by atoms with Crippen molar-refractivity contribution in [3.63, 3.8) is 0 Å². The van der Waals surface area contributed by atoms with Crippen LogP contribution in [-0.2, 0) is 9.53 Å². The highest BCUT2D eigenvalue weighted by molar-refractivity contribution is 6.31. The first-order valence-electron chi connectivity index (χ1n) is 9.62. The van der Waals surface area contributed by atoms with Crippen LogP contribution < -0.4 is 10.2 Å². The Kier molecular flexibility index (Phi) is 7.06. The van der Waals surface area contributed by atoms with E-state index in [1.54, 1.807) is 25.3 Å². The first kappa shape index (κ1) is 21.1. The second kappa shape index (κ2) is 9.71. The molecule has 29 heavy (non-hydrogen) atoms. The molecule has 0 saturated carbocycles. The fourth-order valence-corrected chi connectivity index (χ4v) is 3.30. The van der Waals surface area contributed by atoms with Crippen molar-refractivity contribution < 1.29 is 14.3 Å². The number of hydrogen-bond acceptors (Lipinski definition) is 6. The minimum absolute atomic E-state index is 0.0599. The Morgan fingerprint density at radius 3 is 2.55 bits per heavy atom. The third-order valence-corrected chi connectivity index (χ3v) is 5.19. The zero-order valence-corrected chi connectivity index (χ0v) is 17.4. The van der Waals surface area contributed by atoms with E-state index in [1.165, 1.54) is 0 Å². The van der Waals surface area contributed by atoms with E-state index in [9.17, 15) is 9.59 Å². The van der Waals surface area contributed by atoms with Gasteiger partial charge in [0.2, 0.25) is 5.91 Å². The average molecular weight is 417 g/mol. The van der Waals surface area contributed by atoms with E-state index in [0.717, 1.165) is 37.6 Å². The standard InChI is InChI=1S/C21H25ClN4O3/c1-3-29-21(28)16-5-7-19(23-13-16)26-10-8-25(9-11-26)14-20(27)24-17-6-4-15(2)18(22)12-17/h4-7,12-13H,3,8-11,14H2,1-2H3,(H,24,27). The number of carbonyl (C=O) groups is 2. The van der Waals surface area contributed by atoms with Crippen LogP contribution in [0.2, 0.25) is 5.02 Å². The molecule has 0 aliphatic carbocycles. The van der Waals surface area contributed by atoms with E-state index in [0.29, 0.717) is 29.4 Å². The molecule has 154 valence electrons. The number of aromatic nitrogens is 1. The number of aryl methyl sites for hydroxylation is 1. The maximum atomic E-state index is 12.3. The van der Waals surface area contributed by atoms with Gasteiger partial charge >= 0.3 is 5.97 Å². The van der Waals surface area contributed by atoms with Gasteiger partial charge in [0, 0.05) is 43.1 Å². The Morgan fingerprint density at radius 2 is 1.93 bits per heavy atom. The van der Waals surface area contributed by atoms with Crippen LogP contribution in [0.4, 0.5) is 11.5 Å². The van der Waals surface area contributed by atoms with Crippen molar-refractivity contribution >= 4 is 35.0 Å². The van der Waals surface area contributed by atoms with Gasteiger partial charge in [-0.2, -0.15) is 0 Å². The number of nitrogens with one attached hydrogen (secondary N) is 1. The number of halogens is 1. The molecule has 1 fully saturated rings. The summed E-state index contributed by atoms with van der Waals surface area (Å²) in [6.07, 6.45) is 1.54. The van der Waals surface area contributed by atoms with Gasteiger partial charge in [-0.1, -0.05) is 17.7 Å². The van der Waals surface area contributed by atoms with Crippen LogP contribution in [0.15, 0.2) is 36.5 Å². The number of amides is 1. The van der Waals surface area contributed by atoms with Gasteiger partial charge in [-0.05, 0) is 43.7 Å². The van der Waals surface area contributed by atoms with Gasteiger partial charge in [0.15, 0.2) is 0 Å². The Bertz CT molecular complexity index is 865. The van der Waals surface area contributed by atoms with Gasteiger partial charge in [0.25, 0.3) is 0 Å². The number of carbonyl (C=O) groups excluding carboxylic acids is 2. The molecule has 0 unspecified atom stereocenters. The molecule has 1 N–H and O–H groups in total. The van der Waals surface area contributed by atoms with Crippen molar-refractivity contribution in [2.75, 3.05) is 49.5 Å². The lowest BCUT2D eigenvalue weighted by Crippen LogP contribution is -2.48. The Hall–Kier alpha value is -2.64. The number of ether oxygens (including phenoxy) is 1. The lowest BCUT2D eigenvalue weighted by molar-refractivity contribution is -0.117. The minimum atomic E-state index is -0.364. The molecule has 2 aromatic rings. The topological polar surface area (TPSA) is 74.8 Å². The monoisotopic (exact) mass is 416 g/mol. The summed E-state index contributed by atoms with van der Waals surface area (Å²) in [6.45, 7) is 7.39. The smallest absolute Gasteiger partial charge is 0.339 e. The number of esters is 1. The molecule has 1 amide bonds. The van der Waals surface area contributed by atoms with Gasteiger partial charge in [-0.25, -0.2) is 9.78 Å². The normalized spacial score (nSPS) is 14.5. The highest BCUT2D eigenvalue weighted by atomic mass is 35.5. The summed E-state index contributed by atoms with van der Waals surface area (Å²) in [7, 11) is 0. The summed E-state index contributed by atoms with van der Waals surface area (Å²) < 4.78 is 4.97. The molecule has 0 spiro atoms. The number of pyridine rings is 1. The molecule has 1 aromatic carbocycles. The second-order valence-corrected chi connectivity index (χ2v) is 7.31. The Balaban J connectivity index is 1.48. The van der Waals surface area contributed by atoms with Crippen molar-refractivity contribution in [3.05, 3.63) is 52.7 Å². The molecule has 0 atom stereocenters. The molecule has 7 nitrogen and oxygen atoms in total. The molecule has 8 heteroatoms.